The van der Waals surface area contributed by atoms with E-state index in [4.69, 9.17) is 0 Å². The van der Waals surface area contributed by atoms with Crippen LogP contribution in [0.3, 0.4) is 0 Å². The van der Waals surface area contributed by atoms with Crippen molar-refractivity contribution in [3.05, 3.63) is 12.4 Å². The lowest BCUT2D eigenvalue weighted by atomic mass is 10.0. The smallest absolute Gasteiger partial charge is 0.247 e. The summed E-state index contributed by atoms with van der Waals surface area (Å²) in [7, 11) is -2.05. The molecule has 1 aliphatic heterocycles. The minimum Gasteiger partial charge on any atom is -0.343 e. The van der Waals surface area contributed by atoms with Crippen LogP contribution in [0.4, 0.5) is 0 Å². The number of sulfonamides is 1. The summed E-state index contributed by atoms with van der Waals surface area (Å²) in [6.07, 6.45) is 2.85. The number of aromatic nitrogens is 2. The van der Waals surface area contributed by atoms with E-state index >= 15 is 0 Å². The molecular formula is C13H22N4O3S. The Hall–Kier alpha value is -1.41. The highest BCUT2D eigenvalue weighted by molar-refractivity contribution is 7.89. The maximum Gasteiger partial charge on any atom is 0.247 e. The molecule has 1 amide bonds. The molecule has 7 nitrogen and oxygen atoms in total. The topological polar surface area (TPSA) is 75.5 Å². The lowest BCUT2D eigenvalue weighted by molar-refractivity contribution is -0.142. The zero-order chi connectivity index (χ0) is 16.0. The number of hydrogen-bond acceptors (Lipinski definition) is 4. The fourth-order valence-corrected chi connectivity index (χ4v) is 4.16. The van der Waals surface area contributed by atoms with Crippen LogP contribution < -0.4 is 0 Å². The summed E-state index contributed by atoms with van der Waals surface area (Å²) in [5, 5.41) is 4.07. The first-order chi connectivity index (χ1) is 9.58. The predicted octanol–water partition coefficient (Wildman–Crippen LogP) is 0.705. The van der Waals surface area contributed by atoms with E-state index in [1.807, 2.05) is 13.8 Å². The molecule has 118 valence electrons. The second-order valence-corrected chi connectivity index (χ2v) is 7.98. The largest absolute Gasteiger partial charge is 0.343 e. The molecule has 2 heterocycles. The summed E-state index contributed by atoms with van der Waals surface area (Å²) in [5.41, 5.74) is -1.09. The quantitative estimate of drug-likeness (QED) is 0.823. The molecule has 1 aliphatic rings. The number of piperazine rings is 1. The number of nitrogens with zero attached hydrogens (tertiary/aromatic N) is 4. The third kappa shape index (κ3) is 2.57. The number of carbonyl (C=O) groups is 1. The average molecular weight is 314 g/mol. The van der Waals surface area contributed by atoms with E-state index in [1.54, 1.807) is 30.5 Å². The van der Waals surface area contributed by atoms with Crippen LogP contribution in [0.2, 0.25) is 0 Å². The van der Waals surface area contributed by atoms with Crippen LogP contribution in [-0.2, 0) is 14.8 Å². The molecule has 2 rings (SSSR count). The van der Waals surface area contributed by atoms with E-state index in [1.165, 1.54) is 16.7 Å². The second-order valence-electron chi connectivity index (χ2n) is 6.11. The Kier molecular flexibility index (Phi) is 3.88. The standard InChI is InChI=1S/C13H22N4O3S/c1-10(2)16-9-11(8-14-16)21(19,20)17-7-6-15(5)12(18)13(17,3)4/h8-10H,6-7H2,1-5H3. The molecule has 0 aromatic carbocycles. The van der Waals surface area contributed by atoms with Gasteiger partial charge in [0.05, 0.1) is 6.20 Å². The van der Waals surface area contributed by atoms with E-state index in [0.29, 0.717) is 6.54 Å². The van der Waals surface area contributed by atoms with Gasteiger partial charge in [-0.3, -0.25) is 9.48 Å². The predicted molar refractivity (Wildman–Crippen MR) is 78.2 cm³/mol. The van der Waals surface area contributed by atoms with Crippen LogP contribution in [-0.4, -0.2) is 59.0 Å². The fraction of sp³-hybridized carbons (Fsp3) is 0.692. The molecule has 1 fully saturated rings. The Morgan fingerprint density at radius 1 is 1.29 bits per heavy atom. The minimum absolute atomic E-state index is 0.0797. The van der Waals surface area contributed by atoms with Gasteiger partial charge in [0.1, 0.15) is 10.4 Å². The molecule has 0 spiro atoms. The monoisotopic (exact) mass is 314 g/mol. The number of carbonyl (C=O) groups excluding carboxylic acids is 1. The lowest BCUT2D eigenvalue weighted by Crippen LogP contribution is -2.63. The van der Waals surface area contributed by atoms with E-state index < -0.39 is 15.6 Å². The Balaban J connectivity index is 2.41. The average Bonchev–Trinajstić information content (AvgIpc) is 2.86. The van der Waals surface area contributed by atoms with Crippen LogP contribution in [0, 0.1) is 0 Å². The summed E-state index contributed by atoms with van der Waals surface area (Å²) in [4.78, 5) is 13.9. The highest BCUT2D eigenvalue weighted by Gasteiger charge is 2.47. The molecular weight excluding hydrogens is 292 g/mol. The van der Waals surface area contributed by atoms with Crippen molar-refractivity contribution in [1.82, 2.24) is 19.0 Å². The first kappa shape index (κ1) is 16.0. The van der Waals surface area contributed by atoms with Gasteiger partial charge in [-0.1, -0.05) is 0 Å². The van der Waals surface area contributed by atoms with Gasteiger partial charge in [-0.15, -0.1) is 0 Å². The van der Waals surface area contributed by atoms with Gasteiger partial charge in [0, 0.05) is 32.4 Å². The van der Waals surface area contributed by atoms with Gasteiger partial charge < -0.3 is 4.90 Å². The van der Waals surface area contributed by atoms with Gasteiger partial charge in [0.25, 0.3) is 0 Å². The Morgan fingerprint density at radius 2 is 1.90 bits per heavy atom. The minimum atomic E-state index is -3.74. The molecule has 0 unspecified atom stereocenters. The normalized spacial score (nSPS) is 20.3. The fourth-order valence-electron chi connectivity index (χ4n) is 2.48. The van der Waals surface area contributed by atoms with Crippen LogP contribution in [0.1, 0.15) is 33.7 Å². The zero-order valence-electron chi connectivity index (χ0n) is 13.1. The molecule has 1 saturated heterocycles. The molecule has 0 aliphatic carbocycles. The molecule has 1 aromatic rings. The van der Waals surface area contributed by atoms with Crippen molar-refractivity contribution in [2.24, 2.45) is 0 Å². The van der Waals surface area contributed by atoms with Crippen molar-refractivity contribution in [3.63, 3.8) is 0 Å². The van der Waals surface area contributed by atoms with Crippen molar-refractivity contribution in [2.45, 2.75) is 44.2 Å². The van der Waals surface area contributed by atoms with Crippen LogP contribution in [0.5, 0.6) is 0 Å². The molecule has 21 heavy (non-hydrogen) atoms. The summed E-state index contributed by atoms with van der Waals surface area (Å²) in [6.45, 7) is 7.79. The van der Waals surface area contributed by atoms with Crippen molar-refractivity contribution < 1.29 is 13.2 Å². The van der Waals surface area contributed by atoms with Crippen molar-refractivity contribution in [1.29, 1.82) is 0 Å². The number of rotatable bonds is 3. The van der Waals surface area contributed by atoms with Gasteiger partial charge >= 0.3 is 0 Å². The van der Waals surface area contributed by atoms with Gasteiger partial charge in [-0.2, -0.15) is 9.40 Å². The molecule has 0 N–H and O–H groups in total. The molecule has 0 atom stereocenters. The molecule has 0 radical (unpaired) electrons. The first-order valence-electron chi connectivity index (χ1n) is 6.91. The third-order valence-corrected chi connectivity index (χ3v) is 5.85. The molecule has 0 bridgehead atoms. The second kappa shape index (κ2) is 5.10. The maximum absolute atomic E-state index is 12.8. The highest BCUT2D eigenvalue weighted by Crippen LogP contribution is 2.29. The van der Waals surface area contributed by atoms with E-state index in [-0.39, 0.29) is 23.4 Å². The molecule has 0 saturated carbocycles. The Bertz CT molecular complexity index is 648. The summed E-state index contributed by atoms with van der Waals surface area (Å²) in [5.74, 6) is -0.200. The number of amides is 1. The first-order valence-corrected chi connectivity index (χ1v) is 8.35. The van der Waals surface area contributed by atoms with Gasteiger partial charge in [-0.05, 0) is 27.7 Å². The Morgan fingerprint density at radius 3 is 2.43 bits per heavy atom. The van der Waals surface area contributed by atoms with E-state index in [2.05, 4.69) is 5.10 Å². The van der Waals surface area contributed by atoms with Gasteiger partial charge in [0.2, 0.25) is 15.9 Å². The van der Waals surface area contributed by atoms with Crippen molar-refractivity contribution in [3.8, 4) is 0 Å². The zero-order valence-corrected chi connectivity index (χ0v) is 13.9. The van der Waals surface area contributed by atoms with Crippen LogP contribution >= 0.6 is 0 Å². The Labute approximate surface area is 125 Å². The summed E-state index contributed by atoms with van der Waals surface area (Å²) < 4.78 is 28.4. The van der Waals surface area contributed by atoms with E-state index in [0.717, 1.165) is 0 Å². The van der Waals surface area contributed by atoms with Gasteiger partial charge in [0.15, 0.2) is 0 Å². The van der Waals surface area contributed by atoms with Crippen LogP contribution in [0.25, 0.3) is 0 Å². The highest BCUT2D eigenvalue weighted by atomic mass is 32.2. The summed E-state index contributed by atoms with van der Waals surface area (Å²) >= 11 is 0. The van der Waals surface area contributed by atoms with Crippen molar-refractivity contribution in [2.75, 3.05) is 20.1 Å². The number of likely N-dealkylation sites (N-methyl/N-ethyl adjacent to an activating group) is 1. The summed E-state index contributed by atoms with van der Waals surface area (Å²) in [6, 6.07) is 0.0797. The SMILES string of the molecule is CC(C)n1cc(S(=O)(=O)N2CCN(C)C(=O)C2(C)C)cn1. The lowest BCUT2D eigenvalue weighted by Gasteiger charge is -2.43. The maximum atomic E-state index is 12.8. The van der Waals surface area contributed by atoms with Crippen molar-refractivity contribution >= 4 is 15.9 Å². The van der Waals surface area contributed by atoms with E-state index in [9.17, 15) is 13.2 Å². The molecule has 1 aromatic heterocycles. The number of hydrogen-bond donors (Lipinski definition) is 0. The molecule has 8 heteroatoms. The van der Waals surface area contributed by atoms with Gasteiger partial charge in [-0.25, -0.2) is 8.42 Å². The van der Waals surface area contributed by atoms with Crippen LogP contribution in [0.15, 0.2) is 17.3 Å². The third-order valence-electron chi connectivity index (χ3n) is 3.83.